The highest BCUT2D eigenvalue weighted by atomic mass is 35.5. The number of thiazole rings is 2. The van der Waals surface area contributed by atoms with Gasteiger partial charge in [-0.1, -0.05) is 45.9 Å². The largest absolute Gasteiger partial charge is 0.346 e. The molecule has 0 aliphatic carbocycles. The van der Waals surface area contributed by atoms with Crippen molar-refractivity contribution in [3.05, 3.63) is 21.1 Å². The number of nitrogens with two attached hydrogens (primary N) is 1. The molecule has 11 heteroatoms. The molecule has 0 unspecified atom stereocenters. The van der Waals surface area contributed by atoms with E-state index in [0.29, 0.717) is 30.4 Å². The Kier molecular flexibility index (Phi) is 9.74. The molecule has 0 bridgehead atoms. The summed E-state index contributed by atoms with van der Waals surface area (Å²) in [6.45, 7) is 7.60. The van der Waals surface area contributed by atoms with Gasteiger partial charge in [-0.25, -0.2) is 9.97 Å². The molecule has 1 saturated heterocycles. The number of hydrogen-bond acceptors (Lipinski definition) is 9. The highest BCUT2D eigenvalue weighted by Crippen LogP contribution is 2.26. The van der Waals surface area contributed by atoms with Crippen LogP contribution in [0, 0.1) is 0 Å². The molecule has 1 aliphatic rings. The van der Waals surface area contributed by atoms with Gasteiger partial charge < -0.3 is 20.9 Å². The highest BCUT2D eigenvalue weighted by molar-refractivity contribution is 7.19. The van der Waals surface area contributed by atoms with Crippen molar-refractivity contribution in [1.29, 1.82) is 0 Å². The molecule has 0 amide bonds. The van der Waals surface area contributed by atoms with Gasteiger partial charge in [0, 0.05) is 52.2 Å². The van der Waals surface area contributed by atoms with Gasteiger partial charge in [0.2, 0.25) is 0 Å². The summed E-state index contributed by atoms with van der Waals surface area (Å²) in [7, 11) is 0. The number of carbonyl (C=O) groups is 1. The van der Waals surface area contributed by atoms with E-state index in [0.717, 1.165) is 40.8 Å². The number of halogens is 2. The monoisotopic (exact) mass is 450 g/mol. The summed E-state index contributed by atoms with van der Waals surface area (Å²) in [6, 6.07) is 0. The summed E-state index contributed by atoms with van der Waals surface area (Å²) in [4.78, 5) is 23.5. The van der Waals surface area contributed by atoms with E-state index in [-0.39, 0.29) is 5.78 Å². The summed E-state index contributed by atoms with van der Waals surface area (Å²) < 4.78 is 1.42. The van der Waals surface area contributed by atoms with Gasteiger partial charge in [0.15, 0.2) is 10.3 Å². The van der Waals surface area contributed by atoms with Gasteiger partial charge in [-0.2, -0.15) is 0 Å². The van der Waals surface area contributed by atoms with Crippen LogP contribution < -0.4 is 20.9 Å². The Bertz CT molecular complexity index is 705. The van der Waals surface area contributed by atoms with Crippen LogP contribution in [0.3, 0.4) is 0 Å². The van der Waals surface area contributed by atoms with Gasteiger partial charge in [-0.3, -0.25) is 4.79 Å². The van der Waals surface area contributed by atoms with E-state index in [9.17, 15) is 4.79 Å². The predicted octanol–water partition coefficient (Wildman–Crippen LogP) is 2.75. The average molecular weight is 451 g/mol. The molecule has 0 saturated carbocycles. The number of nitrogens with one attached hydrogen (secondary N) is 1. The van der Waals surface area contributed by atoms with Crippen LogP contribution in [-0.4, -0.2) is 61.6 Å². The van der Waals surface area contributed by atoms with Crippen molar-refractivity contribution in [2.75, 3.05) is 55.6 Å². The highest BCUT2D eigenvalue weighted by Gasteiger charge is 2.13. The molecule has 3 rings (SSSR count). The van der Waals surface area contributed by atoms with Crippen molar-refractivity contribution >= 4 is 61.9 Å². The molecule has 2 aromatic heterocycles. The van der Waals surface area contributed by atoms with Crippen molar-refractivity contribution in [2.24, 2.45) is 5.73 Å². The number of hydrogen-bond donors (Lipinski definition) is 2. The van der Waals surface area contributed by atoms with Crippen LogP contribution in [0.5, 0.6) is 0 Å². The van der Waals surface area contributed by atoms with Gasteiger partial charge in [0.25, 0.3) is 0 Å². The molecule has 27 heavy (non-hydrogen) atoms. The van der Waals surface area contributed by atoms with Gasteiger partial charge in [-0.05, 0) is 6.92 Å². The molecule has 0 spiro atoms. The van der Waals surface area contributed by atoms with Crippen LogP contribution in [0.2, 0.25) is 8.67 Å². The second-order valence-corrected chi connectivity index (χ2v) is 9.14. The topological polar surface area (TPSA) is 87.4 Å². The predicted molar refractivity (Wildman–Crippen MR) is 116 cm³/mol. The Balaban J connectivity index is 0.000000198. The normalized spacial score (nSPS) is 13.9. The van der Waals surface area contributed by atoms with E-state index in [1.165, 1.54) is 11.3 Å². The zero-order valence-corrected chi connectivity index (χ0v) is 18.3. The Morgan fingerprint density at radius 2 is 1.89 bits per heavy atom. The maximum atomic E-state index is 10.9. The zero-order chi connectivity index (χ0) is 19.6. The molecule has 7 nitrogen and oxygen atoms in total. The molecule has 0 radical (unpaired) electrons. The number of carbonyl (C=O) groups excluding carboxylic acids is 1. The number of piperazine rings is 1. The maximum Gasteiger partial charge on any atom is 0.186 e. The van der Waals surface area contributed by atoms with E-state index in [2.05, 4.69) is 20.2 Å². The smallest absolute Gasteiger partial charge is 0.186 e. The molecule has 150 valence electrons. The number of nitrogens with zero attached hydrogens (tertiary/aromatic N) is 4. The summed E-state index contributed by atoms with van der Waals surface area (Å²) in [5.74, 6) is 0.166. The quantitative estimate of drug-likeness (QED) is 0.669. The second kappa shape index (κ2) is 11.8. The van der Waals surface area contributed by atoms with E-state index in [1.807, 2.05) is 4.90 Å². The van der Waals surface area contributed by atoms with Crippen molar-refractivity contribution in [2.45, 2.75) is 13.3 Å². The van der Waals surface area contributed by atoms with Crippen LogP contribution in [0.25, 0.3) is 0 Å². The Morgan fingerprint density at radius 3 is 2.41 bits per heavy atom. The molecular formula is C16H24Cl2N6OS2. The molecule has 3 heterocycles. The van der Waals surface area contributed by atoms with Gasteiger partial charge in [0.1, 0.15) is 14.5 Å². The molecular weight excluding hydrogens is 427 g/mol. The standard InChI is InChI=1S/C9H14ClN3OS.C7H10ClN3S/c1-7(14)2-4-13(5-3-11)9-12-6-8(10)15-9;8-6-5-10-7(12-6)11-3-1-9-2-4-11/h6H,2-5,11H2,1H3;5,9H,1-4H2. The first-order chi connectivity index (χ1) is 13.0. The lowest BCUT2D eigenvalue weighted by atomic mass is 10.3. The number of rotatable bonds is 7. The first-order valence-corrected chi connectivity index (χ1v) is 11.0. The molecule has 2 aromatic rings. The van der Waals surface area contributed by atoms with Gasteiger partial charge >= 0.3 is 0 Å². The second-order valence-electron chi connectivity index (χ2n) is 5.86. The zero-order valence-electron chi connectivity index (χ0n) is 15.2. The number of anilines is 2. The van der Waals surface area contributed by atoms with E-state index in [1.54, 1.807) is 30.7 Å². The van der Waals surface area contributed by atoms with Crippen LogP contribution in [0.15, 0.2) is 12.4 Å². The van der Waals surface area contributed by atoms with Gasteiger partial charge in [0.05, 0.1) is 12.4 Å². The SMILES string of the molecule is CC(=O)CCN(CCN)c1ncc(Cl)s1.Clc1cnc(N2CCNCC2)s1. The lowest BCUT2D eigenvalue weighted by Gasteiger charge is -2.26. The van der Waals surface area contributed by atoms with E-state index < -0.39 is 0 Å². The molecule has 1 fully saturated rings. The van der Waals surface area contributed by atoms with E-state index >= 15 is 0 Å². The third-order valence-electron chi connectivity index (χ3n) is 3.72. The van der Waals surface area contributed by atoms with Crippen molar-refractivity contribution in [3.63, 3.8) is 0 Å². The van der Waals surface area contributed by atoms with Crippen molar-refractivity contribution in [3.8, 4) is 0 Å². The minimum Gasteiger partial charge on any atom is -0.346 e. The average Bonchev–Trinajstić information content (AvgIpc) is 3.28. The molecule has 3 N–H and O–H groups in total. The number of ketones is 1. The van der Waals surface area contributed by atoms with Crippen LogP contribution in [0.1, 0.15) is 13.3 Å². The third-order valence-corrected chi connectivity index (χ3v) is 6.07. The fourth-order valence-corrected chi connectivity index (χ4v) is 4.30. The first kappa shape index (κ1) is 22.3. The number of Topliss-reactive ketones (excluding diaryl/α,β-unsaturated/α-hetero) is 1. The molecule has 0 aromatic carbocycles. The van der Waals surface area contributed by atoms with Crippen LogP contribution >= 0.6 is 45.9 Å². The fraction of sp³-hybridized carbons (Fsp3) is 0.562. The van der Waals surface area contributed by atoms with Crippen LogP contribution in [-0.2, 0) is 4.79 Å². The fourth-order valence-electron chi connectivity index (χ4n) is 2.39. The summed E-state index contributed by atoms with van der Waals surface area (Å²) >= 11 is 14.5. The summed E-state index contributed by atoms with van der Waals surface area (Å²) in [5, 5.41) is 5.16. The maximum absolute atomic E-state index is 10.9. The third kappa shape index (κ3) is 7.89. The summed E-state index contributed by atoms with van der Waals surface area (Å²) in [5.41, 5.74) is 5.50. The van der Waals surface area contributed by atoms with E-state index in [4.69, 9.17) is 28.9 Å². The van der Waals surface area contributed by atoms with Crippen LogP contribution in [0.4, 0.5) is 10.3 Å². The lowest BCUT2D eigenvalue weighted by Crippen LogP contribution is -2.43. The van der Waals surface area contributed by atoms with Crippen molar-refractivity contribution in [1.82, 2.24) is 15.3 Å². The molecule has 0 atom stereocenters. The Labute approximate surface area is 177 Å². The Morgan fingerprint density at radius 1 is 1.22 bits per heavy atom. The number of aromatic nitrogens is 2. The minimum absolute atomic E-state index is 0.166. The lowest BCUT2D eigenvalue weighted by molar-refractivity contribution is -0.116. The van der Waals surface area contributed by atoms with Gasteiger partial charge in [-0.15, -0.1) is 0 Å². The summed E-state index contributed by atoms with van der Waals surface area (Å²) in [6.07, 6.45) is 3.83. The van der Waals surface area contributed by atoms with Crippen molar-refractivity contribution < 1.29 is 4.79 Å². The molecule has 1 aliphatic heterocycles. The Hall–Kier alpha value is -0.970. The minimum atomic E-state index is 0.166. The first-order valence-electron chi connectivity index (χ1n) is 8.62.